The first kappa shape index (κ1) is 15.3. The van der Waals surface area contributed by atoms with Gasteiger partial charge >= 0.3 is 0 Å². The third-order valence-electron chi connectivity index (χ3n) is 4.55. The molecule has 5 nitrogen and oxygen atoms in total. The summed E-state index contributed by atoms with van der Waals surface area (Å²) in [6, 6.07) is 8.01. The first-order valence-corrected chi connectivity index (χ1v) is 8.00. The summed E-state index contributed by atoms with van der Waals surface area (Å²) in [4.78, 5) is 14.7. The highest BCUT2D eigenvalue weighted by Crippen LogP contribution is 2.31. The standard InChI is InChI=1S/C17H24N2O3/c1-21-16-5-3-2-4-14(16)15-11-18-7-8-19(15)17(20)10-13-6-9-22-12-13/h2-5,13,15,18H,6-12H2,1H3. The first-order chi connectivity index (χ1) is 10.8. The molecule has 0 bridgehead atoms. The summed E-state index contributed by atoms with van der Waals surface area (Å²) < 4.78 is 10.9. The second kappa shape index (κ2) is 7.11. The van der Waals surface area contributed by atoms with Crippen LogP contribution in [-0.2, 0) is 9.53 Å². The molecule has 120 valence electrons. The lowest BCUT2D eigenvalue weighted by molar-refractivity contribution is -0.135. The zero-order valence-corrected chi connectivity index (χ0v) is 13.1. The molecule has 0 saturated carbocycles. The Balaban J connectivity index is 1.76. The van der Waals surface area contributed by atoms with Gasteiger partial charge in [0.15, 0.2) is 0 Å². The summed E-state index contributed by atoms with van der Waals surface area (Å²) in [6.07, 6.45) is 1.59. The number of hydrogen-bond donors (Lipinski definition) is 1. The predicted octanol–water partition coefficient (Wildman–Crippen LogP) is 1.59. The number of amides is 1. The van der Waals surface area contributed by atoms with Gasteiger partial charge in [-0.1, -0.05) is 18.2 Å². The second-order valence-corrected chi connectivity index (χ2v) is 5.98. The van der Waals surface area contributed by atoms with Crippen molar-refractivity contribution in [3.63, 3.8) is 0 Å². The average Bonchev–Trinajstić information content (AvgIpc) is 3.07. The van der Waals surface area contributed by atoms with E-state index in [0.29, 0.717) is 12.3 Å². The molecule has 2 unspecified atom stereocenters. The van der Waals surface area contributed by atoms with E-state index >= 15 is 0 Å². The van der Waals surface area contributed by atoms with Crippen LogP contribution in [0.2, 0.25) is 0 Å². The summed E-state index contributed by atoms with van der Waals surface area (Å²) in [7, 11) is 1.68. The fraction of sp³-hybridized carbons (Fsp3) is 0.588. The van der Waals surface area contributed by atoms with Crippen LogP contribution in [0.1, 0.15) is 24.4 Å². The van der Waals surface area contributed by atoms with E-state index in [1.807, 2.05) is 23.1 Å². The number of hydrogen-bond acceptors (Lipinski definition) is 4. The van der Waals surface area contributed by atoms with Crippen LogP contribution in [0.5, 0.6) is 5.75 Å². The molecule has 2 aliphatic rings. The minimum atomic E-state index is 0.0414. The largest absolute Gasteiger partial charge is 0.496 e. The molecule has 1 amide bonds. The fourth-order valence-electron chi connectivity index (χ4n) is 3.33. The Morgan fingerprint density at radius 2 is 2.32 bits per heavy atom. The number of piperazine rings is 1. The Kier molecular flexibility index (Phi) is 4.95. The Morgan fingerprint density at radius 3 is 3.09 bits per heavy atom. The van der Waals surface area contributed by atoms with E-state index < -0.39 is 0 Å². The predicted molar refractivity (Wildman–Crippen MR) is 83.9 cm³/mol. The highest BCUT2D eigenvalue weighted by atomic mass is 16.5. The number of carbonyl (C=O) groups excluding carboxylic acids is 1. The summed E-state index contributed by atoms with van der Waals surface area (Å²) in [5, 5.41) is 3.39. The Hall–Kier alpha value is -1.59. The van der Waals surface area contributed by atoms with Gasteiger partial charge in [-0.2, -0.15) is 0 Å². The molecular formula is C17H24N2O3. The van der Waals surface area contributed by atoms with E-state index in [1.54, 1.807) is 7.11 Å². The molecule has 1 N–H and O–H groups in total. The first-order valence-electron chi connectivity index (χ1n) is 8.00. The van der Waals surface area contributed by atoms with Gasteiger partial charge in [0, 0.05) is 44.8 Å². The van der Waals surface area contributed by atoms with Crippen molar-refractivity contribution in [1.82, 2.24) is 10.2 Å². The van der Waals surface area contributed by atoms with Gasteiger partial charge in [-0.3, -0.25) is 4.79 Å². The van der Waals surface area contributed by atoms with Crippen molar-refractivity contribution in [2.24, 2.45) is 5.92 Å². The van der Waals surface area contributed by atoms with Gasteiger partial charge in [0.05, 0.1) is 13.2 Å². The van der Waals surface area contributed by atoms with Crippen molar-refractivity contribution in [1.29, 1.82) is 0 Å². The van der Waals surface area contributed by atoms with E-state index in [-0.39, 0.29) is 11.9 Å². The normalized spacial score (nSPS) is 25.2. The number of nitrogens with one attached hydrogen (secondary N) is 1. The van der Waals surface area contributed by atoms with Gasteiger partial charge in [0.25, 0.3) is 0 Å². The van der Waals surface area contributed by atoms with Gasteiger partial charge in [-0.05, 0) is 18.4 Å². The maximum absolute atomic E-state index is 12.7. The Labute approximate surface area is 131 Å². The average molecular weight is 304 g/mol. The monoisotopic (exact) mass is 304 g/mol. The second-order valence-electron chi connectivity index (χ2n) is 5.98. The molecule has 22 heavy (non-hydrogen) atoms. The highest BCUT2D eigenvalue weighted by Gasteiger charge is 2.31. The number of ether oxygens (including phenoxy) is 2. The SMILES string of the molecule is COc1ccccc1C1CNCCN1C(=O)CC1CCOC1. The van der Waals surface area contributed by atoms with Crippen LogP contribution in [0.25, 0.3) is 0 Å². The van der Waals surface area contributed by atoms with Gasteiger partial charge in [0.1, 0.15) is 5.75 Å². The van der Waals surface area contributed by atoms with E-state index in [2.05, 4.69) is 11.4 Å². The fourth-order valence-corrected chi connectivity index (χ4v) is 3.33. The van der Waals surface area contributed by atoms with E-state index in [1.165, 1.54) is 0 Å². The number of para-hydroxylation sites is 1. The number of nitrogens with zero attached hydrogens (tertiary/aromatic N) is 1. The van der Waals surface area contributed by atoms with E-state index in [0.717, 1.165) is 50.6 Å². The van der Waals surface area contributed by atoms with Crippen LogP contribution in [0.3, 0.4) is 0 Å². The molecule has 2 saturated heterocycles. The van der Waals surface area contributed by atoms with Crippen LogP contribution in [0.4, 0.5) is 0 Å². The van der Waals surface area contributed by atoms with Gasteiger partial charge in [-0.25, -0.2) is 0 Å². The lowest BCUT2D eigenvalue weighted by Crippen LogP contribution is -2.49. The molecule has 2 aliphatic heterocycles. The van der Waals surface area contributed by atoms with Gasteiger partial charge in [-0.15, -0.1) is 0 Å². The third kappa shape index (κ3) is 3.25. The lowest BCUT2D eigenvalue weighted by atomic mass is 9.99. The zero-order valence-electron chi connectivity index (χ0n) is 13.1. The number of methoxy groups -OCH3 is 1. The highest BCUT2D eigenvalue weighted by molar-refractivity contribution is 5.77. The van der Waals surface area contributed by atoms with Gasteiger partial charge in [0.2, 0.25) is 5.91 Å². The van der Waals surface area contributed by atoms with Gasteiger partial charge < -0.3 is 19.7 Å². The minimum absolute atomic E-state index is 0.0414. The number of benzene rings is 1. The van der Waals surface area contributed by atoms with Crippen molar-refractivity contribution >= 4 is 5.91 Å². The summed E-state index contributed by atoms with van der Waals surface area (Å²) >= 11 is 0. The molecule has 3 rings (SSSR count). The number of rotatable bonds is 4. The van der Waals surface area contributed by atoms with Crippen LogP contribution >= 0.6 is 0 Å². The van der Waals surface area contributed by atoms with E-state index in [9.17, 15) is 4.79 Å². The molecule has 2 fully saturated rings. The zero-order chi connectivity index (χ0) is 15.4. The van der Waals surface area contributed by atoms with Crippen molar-refractivity contribution in [2.45, 2.75) is 18.9 Å². The molecular weight excluding hydrogens is 280 g/mol. The number of carbonyl (C=O) groups is 1. The molecule has 1 aromatic rings. The minimum Gasteiger partial charge on any atom is -0.496 e. The molecule has 0 aromatic heterocycles. The smallest absolute Gasteiger partial charge is 0.223 e. The molecule has 1 aromatic carbocycles. The summed E-state index contributed by atoms with van der Waals surface area (Å²) in [5.74, 6) is 1.45. The molecule has 0 spiro atoms. The van der Waals surface area contributed by atoms with Crippen molar-refractivity contribution in [2.75, 3.05) is 40.0 Å². The Morgan fingerprint density at radius 1 is 1.45 bits per heavy atom. The van der Waals surface area contributed by atoms with Crippen LogP contribution in [0.15, 0.2) is 24.3 Å². The molecule has 0 radical (unpaired) electrons. The van der Waals surface area contributed by atoms with Crippen LogP contribution < -0.4 is 10.1 Å². The summed E-state index contributed by atoms with van der Waals surface area (Å²) in [5.41, 5.74) is 1.08. The maximum atomic E-state index is 12.7. The van der Waals surface area contributed by atoms with Crippen molar-refractivity contribution in [3.05, 3.63) is 29.8 Å². The third-order valence-corrected chi connectivity index (χ3v) is 4.55. The van der Waals surface area contributed by atoms with Crippen molar-refractivity contribution in [3.8, 4) is 5.75 Å². The van der Waals surface area contributed by atoms with E-state index in [4.69, 9.17) is 9.47 Å². The molecule has 2 atom stereocenters. The molecule has 5 heteroatoms. The lowest BCUT2D eigenvalue weighted by Gasteiger charge is -2.37. The quantitative estimate of drug-likeness (QED) is 0.918. The Bertz CT molecular complexity index is 514. The topological polar surface area (TPSA) is 50.8 Å². The summed E-state index contributed by atoms with van der Waals surface area (Å²) in [6.45, 7) is 3.87. The molecule has 0 aliphatic carbocycles. The van der Waals surface area contributed by atoms with Crippen LogP contribution in [-0.4, -0.2) is 50.8 Å². The maximum Gasteiger partial charge on any atom is 0.223 e. The molecule has 2 heterocycles. The van der Waals surface area contributed by atoms with Crippen molar-refractivity contribution < 1.29 is 14.3 Å². The van der Waals surface area contributed by atoms with Crippen LogP contribution in [0, 0.1) is 5.92 Å².